The molecule has 0 amide bonds. The van der Waals surface area contributed by atoms with Gasteiger partial charge in [0.2, 0.25) is 0 Å². The lowest BCUT2D eigenvalue weighted by atomic mass is 9.68. The van der Waals surface area contributed by atoms with E-state index < -0.39 is 5.97 Å². The second-order valence-electron chi connectivity index (χ2n) is 8.41. The van der Waals surface area contributed by atoms with E-state index in [1.165, 1.54) is 83.1 Å². The molecule has 2 saturated carbocycles. The topological polar surface area (TPSA) is 37.3 Å². The van der Waals surface area contributed by atoms with Gasteiger partial charge in [-0.15, -0.1) is 0 Å². The van der Waals surface area contributed by atoms with Crippen molar-refractivity contribution in [1.29, 1.82) is 0 Å². The number of aliphatic carboxylic acids is 1. The van der Waals surface area contributed by atoms with Crippen LogP contribution in [0.25, 0.3) is 0 Å². The second-order valence-corrected chi connectivity index (χ2v) is 8.41. The van der Waals surface area contributed by atoms with Crippen molar-refractivity contribution in [2.75, 3.05) is 0 Å². The van der Waals surface area contributed by atoms with Gasteiger partial charge in [0.25, 0.3) is 0 Å². The minimum Gasteiger partial charge on any atom is -0.478 e. The highest BCUT2D eigenvalue weighted by Gasteiger charge is 2.30. The molecule has 2 nitrogen and oxygen atoms in total. The van der Waals surface area contributed by atoms with Crippen LogP contribution in [0.15, 0.2) is 24.3 Å². The molecule has 1 N–H and O–H groups in total. The van der Waals surface area contributed by atoms with Crippen molar-refractivity contribution >= 4 is 5.97 Å². The molecule has 0 bridgehead atoms. The van der Waals surface area contributed by atoms with Crippen LogP contribution < -0.4 is 0 Å². The standard InChI is InChI=1S/C23H38O2/c1-2-8-19-11-15-21(16-12-19)22-17-13-20(14-18-22)9-6-4-3-5-7-10-23(24)25/h3,5,7,10,19-22H,2,4,6,8-9,11-18H2,1H3,(H,24,25)/b5-3+,10-7+/t19-,20-,21-,22-. The molecule has 0 unspecified atom stereocenters. The van der Waals surface area contributed by atoms with Crippen molar-refractivity contribution in [3.8, 4) is 0 Å². The molecule has 0 spiro atoms. The van der Waals surface area contributed by atoms with E-state index in [0.717, 1.165) is 30.1 Å². The maximum absolute atomic E-state index is 10.4. The monoisotopic (exact) mass is 346 g/mol. The lowest BCUT2D eigenvalue weighted by Gasteiger charge is -2.38. The summed E-state index contributed by atoms with van der Waals surface area (Å²) in [7, 11) is 0. The third-order valence-electron chi connectivity index (χ3n) is 6.62. The molecule has 0 saturated heterocycles. The number of carbonyl (C=O) groups is 1. The van der Waals surface area contributed by atoms with Crippen molar-refractivity contribution in [2.24, 2.45) is 23.7 Å². The average Bonchev–Trinajstić information content (AvgIpc) is 2.62. The van der Waals surface area contributed by atoms with Gasteiger partial charge in [-0.05, 0) is 62.2 Å². The fourth-order valence-corrected chi connectivity index (χ4v) is 5.14. The average molecular weight is 347 g/mol. The summed E-state index contributed by atoms with van der Waals surface area (Å²) in [6.45, 7) is 2.33. The summed E-state index contributed by atoms with van der Waals surface area (Å²) < 4.78 is 0. The quantitative estimate of drug-likeness (QED) is 0.284. The summed E-state index contributed by atoms with van der Waals surface area (Å²) in [5.41, 5.74) is 0. The SMILES string of the molecule is CCC[C@H]1CC[C@H]([C@H]2CC[C@H](CCC/C=C/C=C/C(=O)O)CC2)CC1. The number of carboxylic acid groups (broad SMARTS) is 1. The Morgan fingerprint density at radius 1 is 0.880 bits per heavy atom. The van der Waals surface area contributed by atoms with E-state index in [9.17, 15) is 4.79 Å². The Hall–Kier alpha value is -1.05. The number of hydrogen-bond acceptors (Lipinski definition) is 1. The second kappa shape index (κ2) is 11.5. The summed E-state index contributed by atoms with van der Waals surface area (Å²) in [6, 6.07) is 0. The molecule has 2 aliphatic carbocycles. The van der Waals surface area contributed by atoms with Gasteiger partial charge in [0.05, 0.1) is 0 Å². The summed E-state index contributed by atoms with van der Waals surface area (Å²) in [6.07, 6.45) is 25.1. The zero-order chi connectivity index (χ0) is 17.9. The molecule has 0 radical (unpaired) electrons. The van der Waals surface area contributed by atoms with Crippen LogP contribution in [0.5, 0.6) is 0 Å². The van der Waals surface area contributed by atoms with E-state index in [0.29, 0.717) is 0 Å². The summed E-state index contributed by atoms with van der Waals surface area (Å²) in [5.74, 6) is 3.17. The fourth-order valence-electron chi connectivity index (χ4n) is 5.14. The first-order valence-electron chi connectivity index (χ1n) is 10.7. The van der Waals surface area contributed by atoms with E-state index in [-0.39, 0.29) is 0 Å². The van der Waals surface area contributed by atoms with Crippen molar-refractivity contribution < 1.29 is 9.90 Å². The first kappa shape index (κ1) is 20.3. The summed E-state index contributed by atoms with van der Waals surface area (Å²) in [5, 5.41) is 8.52. The van der Waals surface area contributed by atoms with Crippen LogP contribution in [0.1, 0.15) is 90.4 Å². The van der Waals surface area contributed by atoms with Crippen LogP contribution in [0, 0.1) is 23.7 Å². The van der Waals surface area contributed by atoms with Crippen LogP contribution >= 0.6 is 0 Å². The number of hydrogen-bond donors (Lipinski definition) is 1. The molecule has 0 atom stereocenters. The Morgan fingerprint density at radius 2 is 1.44 bits per heavy atom. The highest BCUT2D eigenvalue weighted by atomic mass is 16.4. The highest BCUT2D eigenvalue weighted by Crippen LogP contribution is 2.42. The van der Waals surface area contributed by atoms with Gasteiger partial charge >= 0.3 is 5.97 Å². The lowest BCUT2D eigenvalue weighted by Crippen LogP contribution is -2.25. The summed E-state index contributed by atoms with van der Waals surface area (Å²) in [4.78, 5) is 10.4. The predicted octanol–water partition coefficient (Wildman–Crippen LogP) is 6.77. The largest absolute Gasteiger partial charge is 0.478 e. The van der Waals surface area contributed by atoms with Crippen LogP contribution in [-0.4, -0.2) is 11.1 Å². The molecule has 0 aliphatic heterocycles. The van der Waals surface area contributed by atoms with Crippen molar-refractivity contribution in [2.45, 2.75) is 90.4 Å². The molecule has 2 heteroatoms. The van der Waals surface area contributed by atoms with E-state index in [1.54, 1.807) is 6.08 Å². The fraction of sp³-hybridized carbons (Fsp3) is 0.783. The molecule has 2 fully saturated rings. The molecular formula is C23H38O2. The lowest BCUT2D eigenvalue weighted by molar-refractivity contribution is -0.131. The van der Waals surface area contributed by atoms with E-state index in [4.69, 9.17) is 5.11 Å². The van der Waals surface area contributed by atoms with Gasteiger partial charge in [0, 0.05) is 6.08 Å². The van der Waals surface area contributed by atoms with Gasteiger partial charge in [0.1, 0.15) is 0 Å². The Morgan fingerprint density at radius 3 is 1.96 bits per heavy atom. The van der Waals surface area contributed by atoms with Gasteiger partial charge in [0.15, 0.2) is 0 Å². The Kier molecular flexibility index (Phi) is 9.36. The van der Waals surface area contributed by atoms with Gasteiger partial charge in [-0.25, -0.2) is 4.79 Å². The molecular weight excluding hydrogens is 308 g/mol. The first-order valence-corrected chi connectivity index (χ1v) is 10.7. The number of unbranched alkanes of at least 4 members (excludes halogenated alkanes) is 1. The van der Waals surface area contributed by atoms with Crippen LogP contribution in [-0.2, 0) is 4.79 Å². The molecule has 0 aromatic carbocycles. The van der Waals surface area contributed by atoms with Crippen molar-refractivity contribution in [3.05, 3.63) is 24.3 Å². The molecule has 0 heterocycles. The van der Waals surface area contributed by atoms with Gasteiger partial charge in [-0.2, -0.15) is 0 Å². The minimum absolute atomic E-state index is 0.875. The Labute approximate surface area is 154 Å². The zero-order valence-electron chi connectivity index (χ0n) is 16.2. The summed E-state index contributed by atoms with van der Waals surface area (Å²) >= 11 is 0. The molecule has 0 aromatic heterocycles. The predicted molar refractivity (Wildman–Crippen MR) is 106 cm³/mol. The van der Waals surface area contributed by atoms with E-state index in [1.807, 2.05) is 6.08 Å². The number of rotatable bonds is 9. The van der Waals surface area contributed by atoms with Gasteiger partial charge in [-0.3, -0.25) is 0 Å². The van der Waals surface area contributed by atoms with Crippen LogP contribution in [0.2, 0.25) is 0 Å². The van der Waals surface area contributed by atoms with Crippen LogP contribution in [0.4, 0.5) is 0 Å². The van der Waals surface area contributed by atoms with E-state index >= 15 is 0 Å². The molecule has 2 rings (SSSR count). The van der Waals surface area contributed by atoms with Gasteiger partial charge < -0.3 is 5.11 Å². The maximum atomic E-state index is 10.4. The number of allylic oxidation sites excluding steroid dienone is 3. The Balaban J connectivity index is 1.55. The first-order chi connectivity index (χ1) is 12.2. The van der Waals surface area contributed by atoms with Crippen molar-refractivity contribution in [3.63, 3.8) is 0 Å². The third kappa shape index (κ3) is 7.79. The van der Waals surface area contributed by atoms with Crippen LogP contribution in [0.3, 0.4) is 0 Å². The normalized spacial score (nSPS) is 30.9. The third-order valence-corrected chi connectivity index (χ3v) is 6.62. The number of carboxylic acids is 1. The highest BCUT2D eigenvalue weighted by molar-refractivity contribution is 5.80. The zero-order valence-corrected chi connectivity index (χ0v) is 16.2. The minimum atomic E-state index is -0.875. The molecule has 0 aromatic rings. The smallest absolute Gasteiger partial charge is 0.328 e. The van der Waals surface area contributed by atoms with E-state index in [2.05, 4.69) is 13.0 Å². The molecule has 142 valence electrons. The maximum Gasteiger partial charge on any atom is 0.328 e. The van der Waals surface area contributed by atoms with Crippen molar-refractivity contribution in [1.82, 2.24) is 0 Å². The molecule has 2 aliphatic rings. The molecule has 25 heavy (non-hydrogen) atoms. The Bertz CT molecular complexity index is 421. The van der Waals surface area contributed by atoms with Gasteiger partial charge in [-0.1, -0.05) is 70.1 Å².